The van der Waals surface area contributed by atoms with E-state index in [2.05, 4.69) is 54.7 Å². The van der Waals surface area contributed by atoms with E-state index in [4.69, 9.17) is 5.10 Å². The number of amides is 1. The van der Waals surface area contributed by atoms with Gasteiger partial charge in [-0.05, 0) is 68.0 Å². The molecule has 1 atom stereocenters. The van der Waals surface area contributed by atoms with Gasteiger partial charge in [0.25, 0.3) is 5.91 Å². The van der Waals surface area contributed by atoms with E-state index < -0.39 is 0 Å². The summed E-state index contributed by atoms with van der Waals surface area (Å²) in [6.45, 7) is 4.08. The van der Waals surface area contributed by atoms with Gasteiger partial charge in [-0.1, -0.05) is 36.4 Å². The summed E-state index contributed by atoms with van der Waals surface area (Å²) in [5, 5.41) is 9.02. The van der Waals surface area contributed by atoms with E-state index in [1.807, 2.05) is 23.7 Å². The van der Waals surface area contributed by atoms with Crippen LogP contribution < -0.4 is 5.32 Å². The molecule has 4 nitrogen and oxygen atoms in total. The molecule has 5 rings (SSSR count). The van der Waals surface area contributed by atoms with Crippen LogP contribution in [0.1, 0.15) is 50.9 Å². The van der Waals surface area contributed by atoms with Crippen LogP contribution in [0.25, 0.3) is 15.9 Å². The first-order valence-corrected chi connectivity index (χ1v) is 10.9. The third-order valence-corrected chi connectivity index (χ3v) is 6.80. The number of carbonyl (C=O) groups is 1. The van der Waals surface area contributed by atoms with Crippen LogP contribution in [-0.2, 0) is 6.42 Å². The lowest BCUT2D eigenvalue weighted by molar-refractivity contribution is 0.0937. The highest BCUT2D eigenvalue weighted by Crippen LogP contribution is 2.33. The minimum Gasteiger partial charge on any atom is -0.345 e. The van der Waals surface area contributed by atoms with Crippen LogP contribution in [0.3, 0.4) is 0 Å². The minimum absolute atomic E-state index is 0.00287. The lowest BCUT2D eigenvalue weighted by Gasteiger charge is -2.26. The van der Waals surface area contributed by atoms with Crippen LogP contribution in [-0.4, -0.2) is 15.7 Å². The number of rotatable bonds is 3. The highest BCUT2D eigenvalue weighted by molar-refractivity contribution is 7.20. The van der Waals surface area contributed by atoms with Crippen LogP contribution in [0.2, 0.25) is 0 Å². The molecule has 1 aliphatic rings. The molecule has 1 aliphatic carbocycles. The second kappa shape index (κ2) is 7.16. The van der Waals surface area contributed by atoms with Gasteiger partial charge in [-0.2, -0.15) is 5.10 Å². The minimum atomic E-state index is 0.00287. The smallest absolute Gasteiger partial charge is 0.261 e. The SMILES string of the molecule is Cc1cccc(-n2nc(C)c3cc(C(=O)N[C@@H]4CCCc5ccccc54)sc32)c1. The van der Waals surface area contributed by atoms with Crippen molar-refractivity contribution in [1.82, 2.24) is 15.1 Å². The summed E-state index contributed by atoms with van der Waals surface area (Å²) in [5.41, 5.74) is 5.77. The number of aromatic nitrogens is 2. The molecule has 0 bridgehead atoms. The standard InChI is InChI=1S/C24H23N3OS/c1-15-7-5-10-18(13-15)27-24-20(16(2)26-27)14-22(29-24)23(28)25-21-12-6-9-17-8-3-4-11-19(17)21/h3-5,7-8,10-11,13-14,21H,6,9,12H2,1-2H3,(H,25,28)/t21-/m1/s1. The Morgan fingerprint density at radius 3 is 2.86 bits per heavy atom. The number of fused-ring (bicyclic) bond motifs is 2. The van der Waals surface area contributed by atoms with Gasteiger partial charge < -0.3 is 5.32 Å². The molecule has 146 valence electrons. The predicted molar refractivity (Wildman–Crippen MR) is 118 cm³/mol. The number of carbonyl (C=O) groups excluding carboxylic acids is 1. The molecule has 0 fully saturated rings. The Labute approximate surface area is 174 Å². The Kier molecular flexibility index (Phi) is 4.47. The van der Waals surface area contributed by atoms with Crippen LogP contribution in [0.4, 0.5) is 0 Å². The molecule has 0 saturated carbocycles. The summed E-state index contributed by atoms with van der Waals surface area (Å²) in [6, 6.07) is 18.8. The number of nitrogens with one attached hydrogen (secondary N) is 1. The molecule has 2 heterocycles. The molecular formula is C24H23N3OS. The maximum absolute atomic E-state index is 13.1. The Morgan fingerprint density at radius 1 is 1.14 bits per heavy atom. The number of nitrogens with zero attached hydrogens (tertiary/aromatic N) is 2. The molecule has 29 heavy (non-hydrogen) atoms. The fraction of sp³-hybridized carbons (Fsp3) is 0.250. The molecule has 1 N–H and O–H groups in total. The summed E-state index contributed by atoms with van der Waals surface area (Å²) >= 11 is 1.51. The molecule has 0 aliphatic heterocycles. The fourth-order valence-corrected chi connectivity index (χ4v) is 5.31. The van der Waals surface area contributed by atoms with E-state index >= 15 is 0 Å². The summed E-state index contributed by atoms with van der Waals surface area (Å²) in [6.07, 6.45) is 3.19. The first kappa shape index (κ1) is 18.1. The fourth-order valence-electron chi connectivity index (χ4n) is 4.23. The highest BCUT2D eigenvalue weighted by Gasteiger charge is 2.24. The first-order valence-electron chi connectivity index (χ1n) is 10.0. The number of thiophene rings is 1. The van der Waals surface area contributed by atoms with Crippen molar-refractivity contribution < 1.29 is 4.79 Å². The van der Waals surface area contributed by atoms with Crippen molar-refractivity contribution >= 4 is 27.5 Å². The molecular weight excluding hydrogens is 378 g/mol. The Bertz CT molecular complexity index is 1220. The number of hydrogen-bond donors (Lipinski definition) is 1. The number of hydrogen-bond acceptors (Lipinski definition) is 3. The van der Waals surface area contributed by atoms with Crippen molar-refractivity contribution in [3.8, 4) is 5.69 Å². The van der Waals surface area contributed by atoms with E-state index in [0.717, 1.165) is 45.7 Å². The zero-order valence-electron chi connectivity index (χ0n) is 16.6. The van der Waals surface area contributed by atoms with Gasteiger partial charge in [-0.25, -0.2) is 4.68 Å². The summed E-state index contributed by atoms with van der Waals surface area (Å²) in [4.78, 5) is 14.8. The molecule has 0 spiro atoms. The van der Waals surface area contributed by atoms with Gasteiger partial charge in [0, 0.05) is 5.39 Å². The van der Waals surface area contributed by atoms with E-state index in [1.165, 1.54) is 28.0 Å². The maximum atomic E-state index is 13.1. The zero-order chi connectivity index (χ0) is 20.0. The predicted octanol–water partition coefficient (Wildman–Crippen LogP) is 5.51. The van der Waals surface area contributed by atoms with Crippen LogP contribution in [0, 0.1) is 13.8 Å². The largest absolute Gasteiger partial charge is 0.345 e. The van der Waals surface area contributed by atoms with Crippen molar-refractivity contribution in [3.63, 3.8) is 0 Å². The maximum Gasteiger partial charge on any atom is 0.261 e. The topological polar surface area (TPSA) is 46.9 Å². The van der Waals surface area contributed by atoms with Gasteiger partial charge >= 0.3 is 0 Å². The van der Waals surface area contributed by atoms with Gasteiger partial charge in [-0.15, -0.1) is 11.3 Å². The lowest BCUT2D eigenvalue weighted by atomic mass is 9.88. The van der Waals surface area contributed by atoms with Crippen LogP contribution >= 0.6 is 11.3 Å². The van der Waals surface area contributed by atoms with Gasteiger partial charge in [0.1, 0.15) is 4.83 Å². The van der Waals surface area contributed by atoms with Gasteiger partial charge in [0.15, 0.2) is 0 Å². The second-order valence-electron chi connectivity index (χ2n) is 7.78. The quantitative estimate of drug-likeness (QED) is 0.492. The third kappa shape index (κ3) is 3.25. The third-order valence-electron chi connectivity index (χ3n) is 5.69. The van der Waals surface area contributed by atoms with E-state index in [9.17, 15) is 4.79 Å². The average molecular weight is 402 g/mol. The van der Waals surface area contributed by atoms with E-state index in [1.54, 1.807) is 0 Å². The Hall–Kier alpha value is -2.92. The lowest BCUT2D eigenvalue weighted by Crippen LogP contribution is -2.30. The van der Waals surface area contributed by atoms with Crippen molar-refractivity contribution in [2.75, 3.05) is 0 Å². The first-order chi connectivity index (χ1) is 14.1. The molecule has 1 amide bonds. The van der Waals surface area contributed by atoms with Gasteiger partial charge in [0.2, 0.25) is 0 Å². The van der Waals surface area contributed by atoms with Crippen molar-refractivity contribution in [1.29, 1.82) is 0 Å². The molecule has 2 aromatic carbocycles. The molecule has 4 aromatic rings. The summed E-state index contributed by atoms with van der Waals surface area (Å²) < 4.78 is 1.95. The Morgan fingerprint density at radius 2 is 2.00 bits per heavy atom. The molecule has 0 unspecified atom stereocenters. The normalized spacial score (nSPS) is 16.0. The van der Waals surface area contributed by atoms with Gasteiger partial charge in [-0.3, -0.25) is 4.79 Å². The summed E-state index contributed by atoms with van der Waals surface area (Å²) in [7, 11) is 0. The van der Waals surface area contributed by atoms with E-state index in [-0.39, 0.29) is 11.9 Å². The second-order valence-corrected chi connectivity index (χ2v) is 8.81. The average Bonchev–Trinajstić information content (AvgIpc) is 3.29. The summed E-state index contributed by atoms with van der Waals surface area (Å²) in [5.74, 6) is 0.00287. The van der Waals surface area contributed by atoms with E-state index in [0.29, 0.717) is 0 Å². The van der Waals surface area contributed by atoms with Crippen molar-refractivity contribution in [2.24, 2.45) is 0 Å². The number of benzene rings is 2. The van der Waals surface area contributed by atoms with Crippen LogP contribution in [0.15, 0.2) is 54.6 Å². The van der Waals surface area contributed by atoms with Crippen LogP contribution in [0.5, 0.6) is 0 Å². The number of aryl methyl sites for hydroxylation is 3. The molecule has 5 heteroatoms. The monoisotopic (exact) mass is 401 g/mol. The van der Waals surface area contributed by atoms with Crippen molar-refractivity contribution in [3.05, 3.63) is 81.9 Å². The zero-order valence-corrected chi connectivity index (χ0v) is 17.4. The molecule has 2 aromatic heterocycles. The molecule has 0 saturated heterocycles. The Balaban J connectivity index is 1.47. The van der Waals surface area contributed by atoms with Gasteiger partial charge in [0.05, 0.1) is 22.3 Å². The highest BCUT2D eigenvalue weighted by atomic mass is 32.1. The molecule has 0 radical (unpaired) electrons. The van der Waals surface area contributed by atoms with Crippen molar-refractivity contribution in [2.45, 2.75) is 39.2 Å².